The van der Waals surface area contributed by atoms with Gasteiger partial charge in [0.25, 0.3) is 0 Å². The molecule has 1 fully saturated rings. The van der Waals surface area contributed by atoms with Crippen molar-refractivity contribution in [3.05, 3.63) is 94.2 Å². The first kappa shape index (κ1) is 23.6. The summed E-state index contributed by atoms with van der Waals surface area (Å²) in [5, 5.41) is 4.61. The van der Waals surface area contributed by atoms with Crippen molar-refractivity contribution in [2.24, 2.45) is 5.92 Å². The highest BCUT2D eigenvalue weighted by Crippen LogP contribution is 2.31. The van der Waals surface area contributed by atoms with Crippen LogP contribution in [0, 0.1) is 5.92 Å². The highest BCUT2D eigenvalue weighted by molar-refractivity contribution is 6.30. The zero-order valence-electron chi connectivity index (χ0n) is 18.3. The van der Waals surface area contributed by atoms with Crippen molar-refractivity contribution < 1.29 is 9.53 Å². The Morgan fingerprint density at radius 2 is 1.82 bits per heavy atom. The van der Waals surface area contributed by atoms with Gasteiger partial charge in [-0.3, -0.25) is 9.78 Å². The monoisotopic (exact) mass is 483 g/mol. The molecule has 0 bridgehead atoms. The van der Waals surface area contributed by atoms with Crippen molar-refractivity contribution in [2.45, 2.75) is 18.9 Å². The molecule has 2 aromatic carbocycles. The summed E-state index contributed by atoms with van der Waals surface area (Å²) in [4.78, 5) is 20.3. The molecule has 33 heavy (non-hydrogen) atoms. The minimum Gasteiger partial charge on any atom is -0.492 e. The second kappa shape index (κ2) is 11.5. The van der Waals surface area contributed by atoms with Gasteiger partial charge in [0.2, 0.25) is 5.91 Å². The van der Waals surface area contributed by atoms with Crippen LogP contribution in [-0.2, 0) is 4.79 Å². The Kier molecular flexibility index (Phi) is 8.21. The molecule has 0 spiro atoms. The van der Waals surface area contributed by atoms with E-state index in [1.54, 1.807) is 18.3 Å². The van der Waals surface area contributed by atoms with Crippen LogP contribution in [-0.4, -0.2) is 42.0 Å². The summed E-state index contributed by atoms with van der Waals surface area (Å²) < 4.78 is 5.96. The molecule has 1 aromatic heterocycles. The van der Waals surface area contributed by atoms with Gasteiger partial charge in [0.15, 0.2) is 0 Å². The molecule has 4 rings (SSSR count). The van der Waals surface area contributed by atoms with Gasteiger partial charge in [0, 0.05) is 22.2 Å². The first-order valence-corrected chi connectivity index (χ1v) is 11.9. The van der Waals surface area contributed by atoms with Gasteiger partial charge in [-0.1, -0.05) is 47.5 Å². The van der Waals surface area contributed by atoms with Gasteiger partial charge in [-0.2, -0.15) is 0 Å². The van der Waals surface area contributed by atoms with E-state index in [4.69, 9.17) is 27.9 Å². The number of hydrogen-bond acceptors (Lipinski definition) is 4. The molecule has 3 aromatic rings. The van der Waals surface area contributed by atoms with Gasteiger partial charge >= 0.3 is 0 Å². The Balaban J connectivity index is 1.64. The number of hydrogen-bond donors (Lipinski definition) is 1. The second-order valence-corrected chi connectivity index (χ2v) is 8.94. The Labute approximate surface area is 204 Å². The maximum Gasteiger partial charge on any atom is 0.226 e. The molecule has 1 atom stereocenters. The summed E-state index contributed by atoms with van der Waals surface area (Å²) in [6.45, 7) is 2.45. The molecule has 1 saturated heterocycles. The minimum atomic E-state index is -0.339. The second-order valence-electron chi connectivity index (χ2n) is 8.07. The van der Waals surface area contributed by atoms with Crippen molar-refractivity contribution in [2.75, 3.05) is 26.2 Å². The molecule has 1 aliphatic heterocycles. The number of pyridine rings is 1. The van der Waals surface area contributed by atoms with Crippen molar-refractivity contribution in [1.29, 1.82) is 0 Å². The normalized spacial score (nSPS) is 15.1. The van der Waals surface area contributed by atoms with Crippen LogP contribution in [0.3, 0.4) is 0 Å². The lowest BCUT2D eigenvalue weighted by Gasteiger charge is -2.35. The molecule has 7 heteroatoms. The summed E-state index contributed by atoms with van der Waals surface area (Å²) in [5.41, 5.74) is 1.77. The Morgan fingerprint density at radius 3 is 2.52 bits per heavy atom. The summed E-state index contributed by atoms with van der Waals surface area (Å²) in [5.74, 6) is 0.769. The van der Waals surface area contributed by atoms with Crippen molar-refractivity contribution in [3.8, 4) is 5.75 Å². The van der Waals surface area contributed by atoms with Crippen molar-refractivity contribution >= 4 is 29.1 Å². The predicted molar refractivity (Wildman–Crippen MR) is 132 cm³/mol. The Hall–Kier alpha value is -2.60. The third kappa shape index (κ3) is 6.26. The van der Waals surface area contributed by atoms with Crippen molar-refractivity contribution in [3.63, 3.8) is 0 Å². The Morgan fingerprint density at radius 1 is 1.03 bits per heavy atom. The predicted octanol–water partition coefficient (Wildman–Crippen LogP) is 5.39. The highest BCUT2D eigenvalue weighted by Gasteiger charge is 2.33. The quantitative estimate of drug-likeness (QED) is 0.466. The number of piperidine rings is 1. The third-order valence-electron chi connectivity index (χ3n) is 5.83. The van der Waals surface area contributed by atoms with Crippen LogP contribution in [0.1, 0.15) is 30.1 Å². The van der Waals surface area contributed by atoms with E-state index in [0.29, 0.717) is 28.9 Å². The van der Waals surface area contributed by atoms with E-state index in [-0.39, 0.29) is 17.9 Å². The van der Waals surface area contributed by atoms with Crippen LogP contribution in [0.5, 0.6) is 5.75 Å². The highest BCUT2D eigenvalue weighted by atomic mass is 35.5. The maximum absolute atomic E-state index is 13.8. The van der Waals surface area contributed by atoms with Gasteiger partial charge in [-0.25, -0.2) is 0 Å². The number of nitrogens with one attached hydrogen (secondary N) is 1. The van der Waals surface area contributed by atoms with Crippen LogP contribution < -0.4 is 10.1 Å². The van der Waals surface area contributed by atoms with E-state index in [1.807, 2.05) is 59.5 Å². The fourth-order valence-electron chi connectivity index (χ4n) is 4.18. The van der Waals surface area contributed by atoms with E-state index < -0.39 is 0 Å². The lowest BCUT2D eigenvalue weighted by atomic mass is 9.93. The van der Waals surface area contributed by atoms with Gasteiger partial charge < -0.3 is 15.0 Å². The van der Waals surface area contributed by atoms with Crippen molar-refractivity contribution in [1.82, 2.24) is 15.2 Å². The van der Waals surface area contributed by atoms with Gasteiger partial charge in [-0.15, -0.1) is 0 Å². The molecular weight excluding hydrogens is 457 g/mol. The van der Waals surface area contributed by atoms with E-state index in [9.17, 15) is 4.79 Å². The number of rotatable bonds is 8. The summed E-state index contributed by atoms with van der Waals surface area (Å²) in [6, 6.07) is 20.4. The lowest BCUT2D eigenvalue weighted by molar-refractivity contribution is -0.138. The van der Waals surface area contributed by atoms with Crippen LogP contribution in [0.2, 0.25) is 10.0 Å². The Bertz CT molecular complexity index is 1040. The molecule has 1 amide bonds. The first-order chi connectivity index (χ1) is 16.1. The van der Waals surface area contributed by atoms with Gasteiger partial charge in [-0.05, 0) is 74.0 Å². The topological polar surface area (TPSA) is 54.5 Å². The number of carbonyl (C=O) groups is 1. The average Bonchev–Trinajstić information content (AvgIpc) is 2.85. The van der Waals surface area contributed by atoms with Crippen LogP contribution >= 0.6 is 23.2 Å². The zero-order valence-corrected chi connectivity index (χ0v) is 19.8. The molecular formula is C26H27Cl2N3O2. The SMILES string of the molecule is O=C(C1CCNCC1)N(CCOc1cccc(Cl)c1)[C@@H](c1ccc(Cl)cc1)c1ccccn1. The smallest absolute Gasteiger partial charge is 0.226 e. The molecule has 1 aliphatic rings. The summed E-state index contributed by atoms with van der Waals surface area (Å²) in [7, 11) is 0. The molecule has 1 N–H and O–H groups in total. The van der Waals surface area contributed by atoms with Crippen LogP contribution in [0.15, 0.2) is 72.9 Å². The van der Waals surface area contributed by atoms with E-state index >= 15 is 0 Å². The molecule has 0 unspecified atom stereocenters. The number of amides is 1. The number of halogens is 2. The number of benzene rings is 2. The number of ether oxygens (including phenoxy) is 1. The zero-order chi connectivity index (χ0) is 23.0. The number of nitrogens with zero attached hydrogens (tertiary/aromatic N) is 2. The minimum absolute atomic E-state index is 0.0315. The van der Waals surface area contributed by atoms with Gasteiger partial charge in [0.1, 0.15) is 12.4 Å². The standard InChI is InChI=1S/C26H27Cl2N3O2/c27-21-9-7-19(8-10-21)25(24-6-1-2-13-30-24)31(26(32)20-11-14-29-15-12-20)16-17-33-23-5-3-4-22(28)18-23/h1-10,13,18,20,25,29H,11-12,14-17H2/t25-/m0/s1. The van der Waals surface area contributed by atoms with E-state index in [0.717, 1.165) is 37.2 Å². The molecule has 5 nitrogen and oxygen atoms in total. The van der Waals surface area contributed by atoms with Crippen LogP contribution in [0.4, 0.5) is 0 Å². The fraction of sp³-hybridized carbons (Fsp3) is 0.308. The summed E-state index contributed by atoms with van der Waals surface area (Å²) in [6.07, 6.45) is 3.40. The van der Waals surface area contributed by atoms with Crippen LogP contribution in [0.25, 0.3) is 0 Å². The fourth-order valence-corrected chi connectivity index (χ4v) is 4.49. The third-order valence-corrected chi connectivity index (χ3v) is 6.32. The van der Waals surface area contributed by atoms with E-state index in [2.05, 4.69) is 10.3 Å². The number of aromatic nitrogens is 1. The number of carbonyl (C=O) groups excluding carboxylic acids is 1. The molecule has 2 heterocycles. The molecule has 0 radical (unpaired) electrons. The first-order valence-electron chi connectivity index (χ1n) is 11.2. The molecule has 172 valence electrons. The van der Waals surface area contributed by atoms with E-state index in [1.165, 1.54) is 0 Å². The van der Waals surface area contributed by atoms with Gasteiger partial charge in [0.05, 0.1) is 18.3 Å². The average molecular weight is 484 g/mol. The molecule has 0 aliphatic carbocycles. The molecule has 0 saturated carbocycles. The lowest BCUT2D eigenvalue weighted by Crippen LogP contribution is -2.45. The summed E-state index contributed by atoms with van der Waals surface area (Å²) >= 11 is 12.2. The largest absolute Gasteiger partial charge is 0.492 e. The maximum atomic E-state index is 13.8.